The number of ether oxygens (including phenoxy) is 1. The topological polar surface area (TPSA) is 107 Å². The molecule has 1 aliphatic carbocycles. The zero-order valence-electron chi connectivity index (χ0n) is 10.2. The molecule has 2 rings (SSSR count). The molecule has 1 fully saturated rings. The van der Waals surface area contributed by atoms with Crippen LogP contribution < -0.4 is 5.32 Å². The van der Waals surface area contributed by atoms with Gasteiger partial charge >= 0.3 is 11.7 Å². The lowest BCUT2D eigenvalue weighted by atomic mass is 10.4. The molecule has 0 aliphatic heterocycles. The monoisotopic (exact) mass is 284 g/mol. The van der Waals surface area contributed by atoms with Gasteiger partial charge in [0.25, 0.3) is 0 Å². The number of hydrogen-bond donors (Lipinski definition) is 1. The molecule has 9 heteroatoms. The number of carbonyl (C=O) groups is 1. The fraction of sp³-hybridized carbons (Fsp3) is 0.500. The van der Waals surface area contributed by atoms with Crippen molar-refractivity contribution >= 4 is 29.2 Å². The average molecular weight is 284 g/mol. The third kappa shape index (κ3) is 3.78. The largest absolute Gasteiger partial charge is 0.468 e. The summed E-state index contributed by atoms with van der Waals surface area (Å²) in [7, 11) is 1.29. The van der Waals surface area contributed by atoms with E-state index in [1.54, 1.807) is 0 Å². The number of hydrogen-bond acceptors (Lipinski definition) is 8. The molecule has 0 atom stereocenters. The van der Waals surface area contributed by atoms with Crippen LogP contribution in [0.15, 0.2) is 11.4 Å². The maximum absolute atomic E-state index is 11.0. The molecular formula is C10H12N4O4S. The molecule has 1 N–H and O–H groups in total. The van der Waals surface area contributed by atoms with Crippen molar-refractivity contribution in [1.29, 1.82) is 0 Å². The van der Waals surface area contributed by atoms with Gasteiger partial charge in [0.05, 0.1) is 17.8 Å². The van der Waals surface area contributed by atoms with E-state index < -0.39 is 10.9 Å². The Morgan fingerprint density at radius 3 is 3.00 bits per heavy atom. The van der Waals surface area contributed by atoms with Crippen LogP contribution in [0.5, 0.6) is 0 Å². The van der Waals surface area contributed by atoms with Gasteiger partial charge < -0.3 is 10.1 Å². The second-order valence-corrected chi connectivity index (χ2v) is 4.87. The van der Waals surface area contributed by atoms with Crippen molar-refractivity contribution < 1.29 is 14.5 Å². The number of rotatable bonds is 6. The summed E-state index contributed by atoms with van der Waals surface area (Å²) in [5, 5.41) is 14.1. The minimum Gasteiger partial charge on any atom is -0.468 e. The molecule has 0 spiro atoms. The lowest BCUT2D eigenvalue weighted by Gasteiger charge is -2.05. The zero-order chi connectivity index (χ0) is 13.8. The van der Waals surface area contributed by atoms with Gasteiger partial charge in [-0.05, 0) is 12.8 Å². The van der Waals surface area contributed by atoms with Crippen LogP contribution in [0.25, 0.3) is 0 Å². The van der Waals surface area contributed by atoms with E-state index in [9.17, 15) is 14.9 Å². The van der Waals surface area contributed by atoms with Crippen LogP contribution in [-0.4, -0.2) is 39.8 Å². The van der Waals surface area contributed by atoms with Crippen molar-refractivity contribution in [3.63, 3.8) is 0 Å². The lowest BCUT2D eigenvalue weighted by molar-refractivity contribution is -0.384. The van der Waals surface area contributed by atoms with Crippen LogP contribution in [0.4, 0.5) is 11.5 Å². The van der Waals surface area contributed by atoms with Crippen molar-refractivity contribution in [1.82, 2.24) is 9.97 Å². The van der Waals surface area contributed by atoms with Crippen molar-refractivity contribution in [3.05, 3.63) is 16.3 Å². The van der Waals surface area contributed by atoms with Gasteiger partial charge in [0.15, 0.2) is 5.16 Å². The average Bonchev–Trinajstić information content (AvgIpc) is 3.19. The van der Waals surface area contributed by atoms with E-state index in [1.807, 2.05) is 0 Å². The second kappa shape index (κ2) is 5.83. The van der Waals surface area contributed by atoms with E-state index in [0.29, 0.717) is 5.16 Å². The fourth-order valence-electron chi connectivity index (χ4n) is 1.27. The highest BCUT2D eigenvalue weighted by Crippen LogP contribution is 2.30. The molecule has 8 nitrogen and oxygen atoms in total. The third-order valence-corrected chi connectivity index (χ3v) is 3.24. The molecule has 1 aromatic heterocycles. The van der Waals surface area contributed by atoms with Crippen molar-refractivity contribution in [2.75, 3.05) is 18.2 Å². The smallest absolute Gasteiger partial charge is 0.329 e. The number of nitrogens with one attached hydrogen (secondary N) is 1. The molecule has 0 aromatic carbocycles. The number of esters is 1. The summed E-state index contributed by atoms with van der Waals surface area (Å²) in [4.78, 5) is 29.3. The highest BCUT2D eigenvalue weighted by molar-refractivity contribution is 7.99. The number of nitrogens with zero attached hydrogens (tertiary/aromatic N) is 3. The number of nitro groups is 1. The number of carbonyl (C=O) groups excluding carboxylic acids is 1. The zero-order valence-corrected chi connectivity index (χ0v) is 11.0. The first kappa shape index (κ1) is 13.5. The summed E-state index contributed by atoms with van der Waals surface area (Å²) in [5.41, 5.74) is -0.158. The predicted molar refractivity (Wildman–Crippen MR) is 68.1 cm³/mol. The maximum atomic E-state index is 11.0. The molecular weight excluding hydrogens is 272 g/mol. The van der Waals surface area contributed by atoms with Crippen LogP contribution in [-0.2, 0) is 9.53 Å². The van der Waals surface area contributed by atoms with E-state index in [2.05, 4.69) is 20.0 Å². The molecule has 0 bridgehead atoms. The Labute approximate surface area is 113 Å². The Morgan fingerprint density at radius 1 is 1.68 bits per heavy atom. The highest BCUT2D eigenvalue weighted by Gasteiger charge is 2.26. The van der Waals surface area contributed by atoms with Gasteiger partial charge in [-0.3, -0.25) is 14.9 Å². The molecule has 19 heavy (non-hydrogen) atoms. The van der Waals surface area contributed by atoms with Crippen LogP contribution in [0.1, 0.15) is 12.8 Å². The summed E-state index contributed by atoms with van der Waals surface area (Å²) >= 11 is 1.08. The Bertz CT molecular complexity index is 506. The van der Waals surface area contributed by atoms with Crippen molar-refractivity contribution in [3.8, 4) is 0 Å². The number of thioether (sulfide) groups is 1. The molecule has 0 amide bonds. The van der Waals surface area contributed by atoms with Crippen LogP contribution in [0, 0.1) is 10.1 Å². The van der Waals surface area contributed by atoms with Gasteiger partial charge in [-0.15, -0.1) is 0 Å². The summed E-state index contributed by atoms with van der Waals surface area (Å²) in [6.45, 7) is 0. The van der Waals surface area contributed by atoms with Crippen LogP contribution >= 0.6 is 11.8 Å². The summed E-state index contributed by atoms with van der Waals surface area (Å²) in [5.74, 6) is -0.129. The number of aromatic nitrogens is 2. The lowest BCUT2D eigenvalue weighted by Crippen LogP contribution is -2.09. The molecule has 1 saturated carbocycles. The standard InChI is InChI=1S/C10H12N4O4S/c1-18-8(15)5-19-10-11-4-7(14(16)17)9(13-10)12-6-2-3-6/h4,6H,2-3,5H2,1H3,(H,11,12,13). The third-order valence-electron chi connectivity index (χ3n) is 2.41. The first-order chi connectivity index (χ1) is 9.10. The Balaban J connectivity index is 2.12. The molecule has 1 aromatic rings. The van der Waals surface area contributed by atoms with E-state index in [4.69, 9.17) is 0 Å². The van der Waals surface area contributed by atoms with Crippen LogP contribution in [0.3, 0.4) is 0 Å². The summed E-state index contributed by atoms with van der Waals surface area (Å²) in [6, 6.07) is 0.243. The Hall–Kier alpha value is -1.90. The normalized spacial score (nSPS) is 13.9. The molecule has 0 radical (unpaired) electrons. The van der Waals surface area contributed by atoms with Crippen molar-refractivity contribution in [2.45, 2.75) is 24.0 Å². The molecule has 1 heterocycles. The SMILES string of the molecule is COC(=O)CSc1ncc([N+](=O)[O-])c(NC2CC2)n1. The number of methoxy groups -OCH3 is 1. The minimum atomic E-state index is -0.528. The quantitative estimate of drug-likeness (QED) is 0.273. The molecule has 0 saturated heterocycles. The summed E-state index contributed by atoms with van der Waals surface area (Å²) < 4.78 is 4.50. The minimum absolute atomic E-state index is 0.0666. The van der Waals surface area contributed by atoms with E-state index in [-0.39, 0.29) is 23.3 Å². The van der Waals surface area contributed by atoms with Gasteiger partial charge in [0.1, 0.15) is 6.20 Å². The molecule has 1 aliphatic rings. The van der Waals surface area contributed by atoms with Gasteiger partial charge in [-0.2, -0.15) is 4.98 Å². The van der Waals surface area contributed by atoms with Crippen LogP contribution in [0.2, 0.25) is 0 Å². The predicted octanol–water partition coefficient (Wildman–Crippen LogP) is 1.22. The first-order valence-corrected chi connectivity index (χ1v) is 6.56. The van der Waals surface area contributed by atoms with Gasteiger partial charge in [-0.1, -0.05) is 11.8 Å². The fourth-order valence-corrected chi connectivity index (χ4v) is 1.92. The molecule has 102 valence electrons. The number of anilines is 1. The Morgan fingerprint density at radius 2 is 2.42 bits per heavy atom. The van der Waals surface area contributed by atoms with E-state index in [0.717, 1.165) is 30.8 Å². The van der Waals surface area contributed by atoms with Gasteiger partial charge in [0.2, 0.25) is 5.82 Å². The van der Waals surface area contributed by atoms with E-state index >= 15 is 0 Å². The highest BCUT2D eigenvalue weighted by atomic mass is 32.2. The summed E-state index contributed by atoms with van der Waals surface area (Å²) in [6.07, 6.45) is 3.11. The first-order valence-electron chi connectivity index (χ1n) is 5.57. The van der Waals surface area contributed by atoms with Gasteiger partial charge in [-0.25, -0.2) is 4.98 Å². The molecule has 0 unspecified atom stereocenters. The van der Waals surface area contributed by atoms with Crippen molar-refractivity contribution in [2.24, 2.45) is 0 Å². The van der Waals surface area contributed by atoms with E-state index in [1.165, 1.54) is 7.11 Å². The second-order valence-electron chi connectivity index (χ2n) is 3.93. The maximum Gasteiger partial charge on any atom is 0.329 e. The Kier molecular flexibility index (Phi) is 4.15. The van der Waals surface area contributed by atoms with Gasteiger partial charge in [0, 0.05) is 6.04 Å².